The Labute approximate surface area is 127 Å². The van der Waals surface area contributed by atoms with Gasteiger partial charge in [-0.2, -0.15) is 0 Å². The first-order valence-electron chi connectivity index (χ1n) is 7.74. The highest BCUT2D eigenvalue weighted by atomic mass is 35.5. The number of hydrogen-bond acceptors (Lipinski definition) is 2. The second kappa shape index (κ2) is 5.32. The lowest BCUT2D eigenvalue weighted by molar-refractivity contribution is 0.0217. The van der Waals surface area contributed by atoms with Gasteiger partial charge >= 0.3 is 0 Å². The summed E-state index contributed by atoms with van der Waals surface area (Å²) in [5, 5.41) is 4.68. The van der Waals surface area contributed by atoms with E-state index in [1.54, 1.807) is 0 Å². The highest BCUT2D eigenvalue weighted by Gasteiger charge is 2.43. The fourth-order valence-corrected chi connectivity index (χ4v) is 3.88. The molecule has 1 aromatic carbocycles. The van der Waals surface area contributed by atoms with Crippen molar-refractivity contribution in [1.29, 1.82) is 0 Å². The number of rotatable bonds is 2. The molecule has 0 amide bonds. The maximum atomic E-state index is 6.12. The van der Waals surface area contributed by atoms with Gasteiger partial charge in [0.2, 0.25) is 0 Å². The SMILES string of the molecule is CC1(C)CNC2(CCCC2)CN1Cc1cccc(Cl)c1. The average molecular weight is 293 g/mol. The quantitative estimate of drug-likeness (QED) is 0.891. The molecule has 2 nitrogen and oxygen atoms in total. The van der Waals surface area contributed by atoms with E-state index >= 15 is 0 Å². The van der Waals surface area contributed by atoms with Gasteiger partial charge in [-0.3, -0.25) is 4.90 Å². The van der Waals surface area contributed by atoms with Crippen molar-refractivity contribution in [2.45, 2.75) is 57.2 Å². The van der Waals surface area contributed by atoms with Crippen LogP contribution < -0.4 is 5.32 Å². The van der Waals surface area contributed by atoms with Crippen LogP contribution in [-0.4, -0.2) is 29.1 Å². The summed E-state index contributed by atoms with van der Waals surface area (Å²) >= 11 is 6.12. The normalized spacial score (nSPS) is 25.1. The molecule has 3 heteroatoms. The Bertz CT molecular complexity index is 478. The van der Waals surface area contributed by atoms with Crippen molar-refractivity contribution >= 4 is 11.6 Å². The molecule has 0 atom stereocenters. The van der Waals surface area contributed by atoms with Crippen LogP contribution in [0.2, 0.25) is 5.02 Å². The fraction of sp³-hybridized carbons (Fsp3) is 0.647. The number of halogens is 1. The molecule has 1 heterocycles. The molecule has 1 aliphatic carbocycles. The molecule has 0 bridgehead atoms. The smallest absolute Gasteiger partial charge is 0.0409 e. The van der Waals surface area contributed by atoms with Crippen LogP contribution in [0.1, 0.15) is 45.1 Å². The van der Waals surface area contributed by atoms with Crippen molar-refractivity contribution in [3.05, 3.63) is 34.9 Å². The van der Waals surface area contributed by atoms with E-state index in [0.29, 0.717) is 5.54 Å². The van der Waals surface area contributed by atoms with E-state index < -0.39 is 0 Å². The van der Waals surface area contributed by atoms with Crippen molar-refractivity contribution in [1.82, 2.24) is 10.2 Å². The molecule has 110 valence electrons. The third kappa shape index (κ3) is 2.88. The Balaban J connectivity index is 1.78. The highest BCUT2D eigenvalue weighted by molar-refractivity contribution is 6.30. The summed E-state index contributed by atoms with van der Waals surface area (Å²) in [4.78, 5) is 2.64. The molecular formula is C17H25ClN2. The van der Waals surface area contributed by atoms with E-state index in [-0.39, 0.29) is 5.54 Å². The number of benzene rings is 1. The van der Waals surface area contributed by atoms with Crippen LogP contribution in [0, 0.1) is 0 Å². The van der Waals surface area contributed by atoms with Gasteiger partial charge in [-0.1, -0.05) is 36.6 Å². The molecule has 1 N–H and O–H groups in total. The largest absolute Gasteiger partial charge is 0.308 e. The van der Waals surface area contributed by atoms with Gasteiger partial charge in [-0.05, 0) is 44.4 Å². The van der Waals surface area contributed by atoms with Crippen LogP contribution in [0.4, 0.5) is 0 Å². The van der Waals surface area contributed by atoms with Crippen LogP contribution in [0.5, 0.6) is 0 Å². The second-order valence-corrected chi connectivity index (χ2v) is 7.58. The van der Waals surface area contributed by atoms with Gasteiger partial charge in [0.15, 0.2) is 0 Å². The molecule has 1 saturated heterocycles. The van der Waals surface area contributed by atoms with Gasteiger partial charge in [-0.15, -0.1) is 0 Å². The fourth-order valence-electron chi connectivity index (χ4n) is 3.66. The minimum absolute atomic E-state index is 0.205. The van der Waals surface area contributed by atoms with E-state index in [9.17, 15) is 0 Å². The molecule has 20 heavy (non-hydrogen) atoms. The summed E-state index contributed by atoms with van der Waals surface area (Å²) in [5.41, 5.74) is 1.89. The molecular weight excluding hydrogens is 268 g/mol. The van der Waals surface area contributed by atoms with E-state index in [2.05, 4.69) is 42.3 Å². The average Bonchev–Trinajstić information content (AvgIpc) is 2.84. The zero-order valence-corrected chi connectivity index (χ0v) is 13.3. The summed E-state index contributed by atoms with van der Waals surface area (Å²) in [6.07, 6.45) is 5.40. The lowest BCUT2D eigenvalue weighted by Gasteiger charge is -2.51. The highest BCUT2D eigenvalue weighted by Crippen LogP contribution is 2.36. The Morgan fingerprint density at radius 2 is 2.00 bits per heavy atom. The van der Waals surface area contributed by atoms with Crippen LogP contribution >= 0.6 is 11.6 Å². The van der Waals surface area contributed by atoms with Crippen molar-refractivity contribution < 1.29 is 0 Å². The van der Waals surface area contributed by atoms with Gasteiger partial charge < -0.3 is 5.32 Å². The number of hydrogen-bond donors (Lipinski definition) is 1. The Kier molecular flexibility index (Phi) is 3.83. The number of piperazine rings is 1. The van der Waals surface area contributed by atoms with Gasteiger partial charge in [0, 0.05) is 35.7 Å². The maximum Gasteiger partial charge on any atom is 0.0409 e. The zero-order chi connectivity index (χ0) is 14.2. The Hall–Kier alpha value is -0.570. The van der Waals surface area contributed by atoms with Crippen molar-refractivity contribution in [3.63, 3.8) is 0 Å². The number of nitrogens with one attached hydrogen (secondary N) is 1. The first-order valence-corrected chi connectivity index (χ1v) is 8.12. The summed E-state index contributed by atoms with van der Waals surface area (Å²) in [7, 11) is 0. The maximum absolute atomic E-state index is 6.12. The van der Waals surface area contributed by atoms with Gasteiger partial charge in [0.1, 0.15) is 0 Å². The monoisotopic (exact) mass is 292 g/mol. The summed E-state index contributed by atoms with van der Waals surface area (Å²) in [6.45, 7) is 7.91. The van der Waals surface area contributed by atoms with Crippen molar-refractivity contribution in [2.75, 3.05) is 13.1 Å². The van der Waals surface area contributed by atoms with Gasteiger partial charge in [0.25, 0.3) is 0 Å². The molecule has 1 aliphatic heterocycles. The van der Waals surface area contributed by atoms with E-state index in [1.165, 1.54) is 31.2 Å². The lowest BCUT2D eigenvalue weighted by Crippen LogP contribution is -2.66. The van der Waals surface area contributed by atoms with Crippen LogP contribution in [0.25, 0.3) is 0 Å². The van der Waals surface area contributed by atoms with Gasteiger partial charge in [-0.25, -0.2) is 0 Å². The van der Waals surface area contributed by atoms with E-state index in [1.807, 2.05) is 6.07 Å². The van der Waals surface area contributed by atoms with Gasteiger partial charge in [0.05, 0.1) is 0 Å². The Morgan fingerprint density at radius 1 is 1.25 bits per heavy atom. The Morgan fingerprint density at radius 3 is 2.70 bits per heavy atom. The molecule has 1 spiro atoms. The molecule has 3 rings (SSSR count). The summed E-state index contributed by atoms with van der Waals surface area (Å²) in [5.74, 6) is 0. The lowest BCUT2D eigenvalue weighted by atomic mass is 9.87. The minimum atomic E-state index is 0.205. The predicted octanol–water partition coefficient (Wildman–Crippen LogP) is 3.84. The first-order chi connectivity index (χ1) is 9.49. The van der Waals surface area contributed by atoms with E-state index in [0.717, 1.165) is 24.7 Å². The minimum Gasteiger partial charge on any atom is -0.308 e. The molecule has 1 saturated carbocycles. The third-order valence-electron chi connectivity index (χ3n) is 5.07. The molecule has 2 aliphatic rings. The molecule has 0 unspecified atom stereocenters. The predicted molar refractivity (Wildman–Crippen MR) is 85.1 cm³/mol. The standard InChI is InChI=1S/C17H25ClN2/c1-16(2)12-19-17(8-3-4-9-17)13-20(16)11-14-6-5-7-15(18)10-14/h5-7,10,19H,3-4,8-9,11-13H2,1-2H3. The van der Waals surface area contributed by atoms with Crippen LogP contribution in [-0.2, 0) is 6.54 Å². The first kappa shape index (κ1) is 14.4. The molecule has 0 radical (unpaired) electrons. The van der Waals surface area contributed by atoms with E-state index in [4.69, 9.17) is 11.6 Å². The van der Waals surface area contributed by atoms with Crippen LogP contribution in [0.3, 0.4) is 0 Å². The van der Waals surface area contributed by atoms with Crippen LogP contribution in [0.15, 0.2) is 24.3 Å². The molecule has 1 aromatic rings. The molecule has 0 aromatic heterocycles. The summed E-state index contributed by atoms with van der Waals surface area (Å²) in [6, 6.07) is 8.29. The van der Waals surface area contributed by atoms with Crippen molar-refractivity contribution in [3.8, 4) is 0 Å². The topological polar surface area (TPSA) is 15.3 Å². The second-order valence-electron chi connectivity index (χ2n) is 7.14. The zero-order valence-electron chi connectivity index (χ0n) is 12.6. The number of nitrogens with zero attached hydrogens (tertiary/aromatic N) is 1. The summed E-state index contributed by atoms with van der Waals surface area (Å²) < 4.78 is 0. The molecule has 2 fully saturated rings. The van der Waals surface area contributed by atoms with Crippen molar-refractivity contribution in [2.24, 2.45) is 0 Å². The third-order valence-corrected chi connectivity index (χ3v) is 5.30.